The van der Waals surface area contributed by atoms with Gasteiger partial charge in [-0.1, -0.05) is 17.7 Å². The summed E-state index contributed by atoms with van der Waals surface area (Å²) < 4.78 is 2.20. The molecule has 0 spiro atoms. The number of hydrogen-bond donors (Lipinski definition) is 1. The zero-order valence-electron chi connectivity index (χ0n) is 14.4. The van der Waals surface area contributed by atoms with Gasteiger partial charge in [-0.3, -0.25) is 9.69 Å². The number of hydrogen-bond acceptors (Lipinski definition) is 2. The second-order valence-corrected chi connectivity index (χ2v) is 6.42. The Morgan fingerprint density at radius 1 is 1.17 bits per heavy atom. The molecule has 1 aliphatic heterocycles. The Morgan fingerprint density at radius 3 is 2.42 bits per heavy atom. The van der Waals surface area contributed by atoms with Crippen molar-refractivity contribution in [2.24, 2.45) is 0 Å². The van der Waals surface area contributed by atoms with E-state index < -0.39 is 0 Å². The van der Waals surface area contributed by atoms with Crippen molar-refractivity contribution in [1.82, 2.24) is 14.8 Å². The summed E-state index contributed by atoms with van der Waals surface area (Å²) in [5, 5.41) is 3.49. The van der Waals surface area contributed by atoms with Crippen molar-refractivity contribution in [3.05, 3.63) is 58.5 Å². The predicted molar refractivity (Wildman–Crippen MR) is 101 cm³/mol. The van der Waals surface area contributed by atoms with Crippen LogP contribution in [0.1, 0.15) is 29.4 Å². The van der Waals surface area contributed by atoms with Crippen LogP contribution in [-0.2, 0) is 4.79 Å². The number of amides is 1. The number of rotatable bonds is 3. The lowest BCUT2D eigenvalue weighted by molar-refractivity contribution is -0.122. The van der Waals surface area contributed by atoms with Gasteiger partial charge in [-0.15, -0.1) is 0 Å². The van der Waals surface area contributed by atoms with Gasteiger partial charge < -0.3 is 9.88 Å². The van der Waals surface area contributed by atoms with Gasteiger partial charge in [0.25, 0.3) is 5.91 Å². The van der Waals surface area contributed by atoms with E-state index in [1.54, 1.807) is 4.90 Å². The average Bonchev–Trinajstić information content (AvgIpc) is 2.97. The first-order valence-electron chi connectivity index (χ1n) is 8.03. The molecule has 0 bridgehead atoms. The lowest BCUT2D eigenvalue weighted by Crippen LogP contribution is -2.30. The fourth-order valence-electron chi connectivity index (χ4n) is 3.04. The molecule has 3 rings (SSSR count). The maximum Gasteiger partial charge on any atom is 0.276 e. The Bertz CT molecular complexity index is 846. The fourth-order valence-corrected chi connectivity index (χ4v) is 3.36. The summed E-state index contributed by atoms with van der Waals surface area (Å²) in [6.45, 7) is 8.70. The van der Waals surface area contributed by atoms with E-state index in [4.69, 9.17) is 12.2 Å². The van der Waals surface area contributed by atoms with Crippen LogP contribution in [0.5, 0.6) is 0 Å². The van der Waals surface area contributed by atoms with Gasteiger partial charge in [0.05, 0.1) is 0 Å². The minimum Gasteiger partial charge on any atom is -0.328 e. The molecule has 0 saturated carbocycles. The zero-order chi connectivity index (χ0) is 17.4. The molecule has 1 amide bonds. The first-order chi connectivity index (χ1) is 11.4. The monoisotopic (exact) mass is 339 g/mol. The molecule has 124 valence electrons. The molecule has 4 nitrogen and oxygen atoms in total. The number of carbonyl (C=O) groups is 1. The third kappa shape index (κ3) is 2.76. The molecule has 0 atom stereocenters. The van der Waals surface area contributed by atoms with Crippen molar-refractivity contribution in [3.63, 3.8) is 0 Å². The number of aromatic nitrogens is 1. The van der Waals surface area contributed by atoms with E-state index in [0.717, 1.165) is 22.6 Å². The Hall–Kier alpha value is -2.40. The van der Waals surface area contributed by atoms with Crippen molar-refractivity contribution < 1.29 is 4.79 Å². The van der Waals surface area contributed by atoms with E-state index in [9.17, 15) is 4.79 Å². The highest BCUT2D eigenvalue weighted by Gasteiger charge is 2.29. The van der Waals surface area contributed by atoms with Gasteiger partial charge >= 0.3 is 0 Å². The van der Waals surface area contributed by atoms with Crippen LogP contribution in [0.3, 0.4) is 0 Å². The number of benzene rings is 1. The third-order valence-corrected chi connectivity index (χ3v) is 4.66. The molecule has 1 saturated heterocycles. The summed E-state index contributed by atoms with van der Waals surface area (Å²) in [4.78, 5) is 13.9. The highest BCUT2D eigenvalue weighted by Crippen LogP contribution is 2.24. The van der Waals surface area contributed by atoms with Crippen LogP contribution in [0.15, 0.2) is 36.0 Å². The van der Waals surface area contributed by atoms with Gasteiger partial charge in [-0.25, -0.2) is 0 Å². The minimum atomic E-state index is -0.0670. The molecule has 2 aromatic rings. The van der Waals surface area contributed by atoms with Crippen molar-refractivity contribution in [3.8, 4) is 5.69 Å². The van der Waals surface area contributed by atoms with Crippen molar-refractivity contribution in [2.45, 2.75) is 27.7 Å². The maximum absolute atomic E-state index is 12.4. The van der Waals surface area contributed by atoms with Crippen LogP contribution in [0, 0.1) is 20.8 Å². The maximum atomic E-state index is 12.4. The van der Waals surface area contributed by atoms with Gasteiger partial charge in [0, 0.05) is 23.6 Å². The van der Waals surface area contributed by atoms with E-state index in [1.165, 1.54) is 5.56 Å². The molecular weight excluding hydrogens is 318 g/mol. The fraction of sp³-hybridized carbons (Fsp3) is 0.263. The molecule has 24 heavy (non-hydrogen) atoms. The Labute approximate surface area is 147 Å². The van der Waals surface area contributed by atoms with E-state index in [0.29, 0.717) is 17.4 Å². The second-order valence-electron chi connectivity index (χ2n) is 6.04. The van der Waals surface area contributed by atoms with Gasteiger partial charge in [-0.05, 0) is 69.8 Å². The van der Waals surface area contributed by atoms with Crippen LogP contribution in [0.4, 0.5) is 0 Å². The van der Waals surface area contributed by atoms with Crippen LogP contribution >= 0.6 is 12.2 Å². The third-order valence-electron chi connectivity index (χ3n) is 4.34. The second kappa shape index (κ2) is 6.24. The van der Waals surface area contributed by atoms with Crippen LogP contribution in [0.25, 0.3) is 11.8 Å². The van der Waals surface area contributed by atoms with Gasteiger partial charge in [0.1, 0.15) is 5.70 Å². The number of nitrogens with one attached hydrogen (secondary N) is 1. The molecule has 0 unspecified atom stereocenters. The van der Waals surface area contributed by atoms with Crippen LogP contribution < -0.4 is 5.32 Å². The summed E-state index contributed by atoms with van der Waals surface area (Å²) in [5.41, 5.74) is 6.13. The first kappa shape index (κ1) is 16.5. The summed E-state index contributed by atoms with van der Waals surface area (Å²) in [6.07, 6.45) is 1.89. The minimum absolute atomic E-state index is 0.0670. The quantitative estimate of drug-likeness (QED) is 0.687. The van der Waals surface area contributed by atoms with E-state index in [-0.39, 0.29) is 5.91 Å². The van der Waals surface area contributed by atoms with Crippen LogP contribution in [0.2, 0.25) is 0 Å². The van der Waals surface area contributed by atoms with Crippen LogP contribution in [-0.4, -0.2) is 27.0 Å². The van der Waals surface area contributed by atoms with E-state index in [1.807, 2.05) is 13.0 Å². The molecule has 1 fully saturated rings. The Kier molecular flexibility index (Phi) is 4.28. The van der Waals surface area contributed by atoms with Crippen molar-refractivity contribution in [2.75, 3.05) is 6.54 Å². The Balaban J connectivity index is 2.01. The molecule has 1 aliphatic rings. The average molecular weight is 339 g/mol. The SMILES string of the molecule is CCN1C(=O)/C(=C/c2cc(C)n(-c3ccc(C)cc3)c2C)NC1=S. The van der Waals surface area contributed by atoms with Gasteiger partial charge in [-0.2, -0.15) is 0 Å². The Morgan fingerprint density at radius 2 is 1.83 bits per heavy atom. The highest BCUT2D eigenvalue weighted by molar-refractivity contribution is 7.80. The summed E-state index contributed by atoms with van der Waals surface area (Å²) in [6, 6.07) is 10.5. The molecule has 1 aromatic carbocycles. The van der Waals surface area contributed by atoms with Gasteiger partial charge in [0.15, 0.2) is 5.11 Å². The normalized spacial score (nSPS) is 16.2. The van der Waals surface area contributed by atoms with Crippen molar-refractivity contribution >= 4 is 29.3 Å². The number of aryl methyl sites for hydroxylation is 2. The standard InChI is InChI=1S/C19H21N3OS/c1-5-21-18(23)17(20-19(21)24)11-15-10-13(3)22(14(15)4)16-8-6-12(2)7-9-16/h6-11H,5H2,1-4H3,(H,20,24)/b17-11-. The zero-order valence-corrected chi connectivity index (χ0v) is 15.2. The number of thiocarbonyl (C=S) groups is 1. The highest BCUT2D eigenvalue weighted by atomic mass is 32.1. The lowest BCUT2D eigenvalue weighted by atomic mass is 10.2. The molecule has 1 aromatic heterocycles. The topological polar surface area (TPSA) is 37.3 Å². The summed E-state index contributed by atoms with van der Waals surface area (Å²) >= 11 is 5.21. The molecule has 0 aliphatic carbocycles. The number of nitrogens with zero attached hydrogens (tertiary/aromatic N) is 2. The molecular formula is C19H21N3OS. The van der Waals surface area contributed by atoms with E-state index >= 15 is 0 Å². The lowest BCUT2D eigenvalue weighted by Gasteiger charge is -2.10. The molecule has 5 heteroatoms. The van der Waals surface area contributed by atoms with Crippen molar-refractivity contribution in [1.29, 1.82) is 0 Å². The summed E-state index contributed by atoms with van der Waals surface area (Å²) in [7, 11) is 0. The first-order valence-corrected chi connectivity index (χ1v) is 8.43. The molecule has 2 heterocycles. The van der Waals surface area contributed by atoms with Gasteiger partial charge in [0.2, 0.25) is 0 Å². The number of carbonyl (C=O) groups excluding carboxylic acids is 1. The summed E-state index contributed by atoms with van der Waals surface area (Å²) in [5.74, 6) is -0.0670. The smallest absolute Gasteiger partial charge is 0.276 e. The molecule has 1 N–H and O–H groups in total. The van der Waals surface area contributed by atoms with E-state index in [2.05, 4.69) is 61.0 Å². The molecule has 0 radical (unpaired) electrons. The predicted octanol–water partition coefficient (Wildman–Crippen LogP) is 3.48. The largest absolute Gasteiger partial charge is 0.328 e. The number of likely N-dealkylation sites (N-methyl/N-ethyl adjacent to an activating group) is 1.